The van der Waals surface area contributed by atoms with E-state index < -0.39 is 0 Å². The third kappa shape index (κ3) is 1.95. The monoisotopic (exact) mass is 199 g/mol. The van der Waals surface area contributed by atoms with Crippen molar-refractivity contribution in [3.05, 3.63) is 0 Å². The second kappa shape index (κ2) is 3.47. The lowest BCUT2D eigenvalue weighted by Crippen LogP contribution is -2.40. The molecule has 3 nitrogen and oxygen atoms in total. The molecule has 0 aromatic rings. The molecule has 1 saturated heterocycles. The van der Waals surface area contributed by atoms with Crippen LogP contribution in [0.1, 0.15) is 33.1 Å². The van der Waals surface area contributed by atoms with Crippen LogP contribution in [0, 0.1) is 0 Å². The Morgan fingerprint density at radius 3 is 2.36 bits per heavy atom. The van der Waals surface area contributed by atoms with Crippen molar-refractivity contribution >= 4 is 0 Å². The number of fused-ring (bicyclic) bond motifs is 1. The zero-order valence-corrected chi connectivity index (χ0v) is 9.62. The Morgan fingerprint density at radius 2 is 1.71 bits per heavy atom. The van der Waals surface area contributed by atoms with Crippen LogP contribution >= 0.6 is 0 Å². The first-order chi connectivity index (χ1) is 6.48. The quantitative estimate of drug-likeness (QED) is 0.640. The molecule has 2 aliphatic rings. The fourth-order valence-electron chi connectivity index (χ4n) is 2.57. The van der Waals surface area contributed by atoms with Crippen LogP contribution in [0.15, 0.2) is 0 Å². The molecular weight excluding hydrogens is 178 g/mol. The molecular formula is C11H21NO2. The van der Waals surface area contributed by atoms with E-state index in [1.54, 1.807) is 0 Å². The van der Waals surface area contributed by atoms with E-state index in [0.29, 0.717) is 18.2 Å². The van der Waals surface area contributed by atoms with Gasteiger partial charge in [0, 0.05) is 6.04 Å². The van der Waals surface area contributed by atoms with Crippen LogP contribution in [-0.4, -0.2) is 43.0 Å². The fraction of sp³-hybridized carbons (Fsp3) is 1.00. The maximum absolute atomic E-state index is 5.88. The zero-order chi connectivity index (χ0) is 10.3. The summed E-state index contributed by atoms with van der Waals surface area (Å²) in [6.07, 6.45) is 4.12. The van der Waals surface area contributed by atoms with E-state index >= 15 is 0 Å². The van der Waals surface area contributed by atoms with Crippen molar-refractivity contribution < 1.29 is 9.47 Å². The molecule has 1 aliphatic heterocycles. The SMILES string of the molecule is CN(C)[C@@H]1CC[C@H]2OC(C)(C)O[C@@H]2C1. The van der Waals surface area contributed by atoms with Crippen molar-refractivity contribution in [1.29, 1.82) is 0 Å². The molecule has 0 radical (unpaired) electrons. The Hall–Kier alpha value is -0.120. The Morgan fingerprint density at radius 1 is 1.07 bits per heavy atom. The summed E-state index contributed by atoms with van der Waals surface area (Å²) in [7, 11) is 4.29. The summed E-state index contributed by atoms with van der Waals surface area (Å²) in [6.45, 7) is 4.02. The molecule has 0 aromatic heterocycles. The topological polar surface area (TPSA) is 21.7 Å². The highest BCUT2D eigenvalue weighted by Crippen LogP contribution is 2.37. The summed E-state index contributed by atoms with van der Waals surface area (Å²) in [4.78, 5) is 2.30. The molecule has 0 bridgehead atoms. The zero-order valence-electron chi connectivity index (χ0n) is 9.62. The fourth-order valence-corrected chi connectivity index (χ4v) is 2.57. The molecule has 3 heteroatoms. The standard InChI is InChI=1S/C11H21NO2/c1-11(2)13-9-6-5-8(12(3)4)7-10(9)14-11/h8-10H,5-7H2,1-4H3/t8-,9-,10-/m1/s1. The Kier molecular flexibility index (Phi) is 2.58. The minimum atomic E-state index is -0.365. The lowest BCUT2D eigenvalue weighted by Gasteiger charge is -2.33. The summed E-state index contributed by atoms with van der Waals surface area (Å²) >= 11 is 0. The van der Waals surface area contributed by atoms with E-state index in [2.05, 4.69) is 19.0 Å². The van der Waals surface area contributed by atoms with Crippen LogP contribution in [0.3, 0.4) is 0 Å². The third-order valence-electron chi connectivity index (χ3n) is 3.30. The van der Waals surface area contributed by atoms with Gasteiger partial charge in [0.15, 0.2) is 5.79 Å². The second-order valence-electron chi connectivity index (χ2n) is 5.14. The maximum atomic E-state index is 5.88. The van der Waals surface area contributed by atoms with Gasteiger partial charge in [0.1, 0.15) is 0 Å². The first-order valence-corrected chi connectivity index (χ1v) is 5.50. The number of ether oxygens (including phenoxy) is 2. The van der Waals surface area contributed by atoms with Crippen LogP contribution in [0.25, 0.3) is 0 Å². The van der Waals surface area contributed by atoms with Gasteiger partial charge in [-0.15, -0.1) is 0 Å². The lowest BCUT2D eigenvalue weighted by molar-refractivity contribution is -0.145. The van der Waals surface area contributed by atoms with Gasteiger partial charge in [0.25, 0.3) is 0 Å². The van der Waals surface area contributed by atoms with E-state index in [9.17, 15) is 0 Å². The number of hydrogen-bond donors (Lipinski definition) is 0. The molecule has 0 spiro atoms. The van der Waals surface area contributed by atoms with Gasteiger partial charge in [-0.1, -0.05) is 0 Å². The summed E-state index contributed by atoms with van der Waals surface area (Å²) in [5, 5.41) is 0. The minimum absolute atomic E-state index is 0.311. The Bertz CT molecular complexity index is 215. The van der Waals surface area contributed by atoms with Crippen LogP contribution in [-0.2, 0) is 9.47 Å². The molecule has 14 heavy (non-hydrogen) atoms. The molecule has 3 atom stereocenters. The molecule has 0 unspecified atom stereocenters. The van der Waals surface area contributed by atoms with Crippen molar-refractivity contribution in [3.8, 4) is 0 Å². The predicted octanol–water partition coefficient (Wildman–Crippen LogP) is 1.62. The smallest absolute Gasteiger partial charge is 0.163 e. The van der Waals surface area contributed by atoms with Crippen molar-refractivity contribution in [2.24, 2.45) is 0 Å². The predicted molar refractivity (Wildman–Crippen MR) is 55.2 cm³/mol. The first-order valence-electron chi connectivity index (χ1n) is 5.50. The van der Waals surface area contributed by atoms with Crippen LogP contribution in [0.2, 0.25) is 0 Å². The van der Waals surface area contributed by atoms with Gasteiger partial charge in [-0.05, 0) is 47.2 Å². The van der Waals surface area contributed by atoms with Gasteiger partial charge in [0.05, 0.1) is 12.2 Å². The summed E-state index contributed by atoms with van der Waals surface area (Å²) in [5.74, 6) is -0.365. The van der Waals surface area contributed by atoms with E-state index in [1.165, 1.54) is 6.42 Å². The summed E-state index contributed by atoms with van der Waals surface area (Å²) in [5.41, 5.74) is 0. The van der Waals surface area contributed by atoms with Gasteiger partial charge in [-0.25, -0.2) is 0 Å². The van der Waals surface area contributed by atoms with E-state index in [-0.39, 0.29) is 5.79 Å². The molecule has 2 fully saturated rings. The Labute approximate surface area is 86.4 Å². The second-order valence-corrected chi connectivity index (χ2v) is 5.14. The first kappa shape index (κ1) is 10.4. The number of nitrogens with zero attached hydrogens (tertiary/aromatic N) is 1. The van der Waals surface area contributed by atoms with Gasteiger partial charge < -0.3 is 14.4 Å². The summed E-state index contributed by atoms with van der Waals surface area (Å²) in [6, 6.07) is 0.661. The maximum Gasteiger partial charge on any atom is 0.163 e. The Balaban J connectivity index is 1.98. The number of hydrogen-bond acceptors (Lipinski definition) is 3. The van der Waals surface area contributed by atoms with Crippen molar-refractivity contribution in [1.82, 2.24) is 4.90 Å². The van der Waals surface area contributed by atoms with E-state index in [1.807, 2.05) is 13.8 Å². The highest BCUT2D eigenvalue weighted by Gasteiger charge is 2.44. The molecule has 1 saturated carbocycles. The van der Waals surface area contributed by atoms with E-state index in [0.717, 1.165) is 12.8 Å². The average Bonchev–Trinajstić information content (AvgIpc) is 2.36. The molecule has 0 N–H and O–H groups in total. The van der Waals surface area contributed by atoms with Crippen molar-refractivity contribution in [3.63, 3.8) is 0 Å². The molecule has 82 valence electrons. The van der Waals surface area contributed by atoms with Gasteiger partial charge in [-0.2, -0.15) is 0 Å². The summed E-state index contributed by atoms with van der Waals surface area (Å²) < 4.78 is 11.7. The average molecular weight is 199 g/mol. The third-order valence-corrected chi connectivity index (χ3v) is 3.30. The normalized spacial score (nSPS) is 41.4. The molecule has 1 aliphatic carbocycles. The van der Waals surface area contributed by atoms with Crippen LogP contribution in [0.5, 0.6) is 0 Å². The minimum Gasteiger partial charge on any atom is -0.345 e. The highest BCUT2D eigenvalue weighted by molar-refractivity contribution is 4.90. The van der Waals surface area contributed by atoms with Gasteiger partial charge in [0.2, 0.25) is 0 Å². The number of rotatable bonds is 1. The van der Waals surface area contributed by atoms with Crippen LogP contribution < -0.4 is 0 Å². The van der Waals surface area contributed by atoms with Crippen molar-refractivity contribution in [2.45, 2.75) is 57.1 Å². The molecule has 0 aromatic carbocycles. The van der Waals surface area contributed by atoms with Crippen LogP contribution in [0.4, 0.5) is 0 Å². The largest absolute Gasteiger partial charge is 0.345 e. The van der Waals surface area contributed by atoms with Crippen molar-refractivity contribution in [2.75, 3.05) is 14.1 Å². The van der Waals surface area contributed by atoms with Gasteiger partial charge in [-0.3, -0.25) is 0 Å². The molecule has 2 rings (SSSR count). The molecule has 1 heterocycles. The molecule has 0 amide bonds. The van der Waals surface area contributed by atoms with Gasteiger partial charge >= 0.3 is 0 Å². The lowest BCUT2D eigenvalue weighted by atomic mass is 9.90. The van der Waals surface area contributed by atoms with E-state index in [4.69, 9.17) is 9.47 Å². The highest BCUT2D eigenvalue weighted by atomic mass is 16.7.